The first-order valence-corrected chi connectivity index (χ1v) is 13.1. The Labute approximate surface area is 195 Å². The van der Waals surface area contributed by atoms with E-state index < -0.39 is 10.0 Å². The molecule has 1 saturated heterocycles. The monoisotopic (exact) mass is 481 g/mol. The van der Waals surface area contributed by atoms with Crippen molar-refractivity contribution in [3.8, 4) is 0 Å². The van der Waals surface area contributed by atoms with Gasteiger partial charge in [-0.1, -0.05) is 42.1 Å². The Morgan fingerprint density at radius 1 is 0.903 bits per heavy atom. The Bertz CT molecular complexity index is 1010. The van der Waals surface area contributed by atoms with Crippen molar-refractivity contribution in [3.05, 3.63) is 58.1 Å². The van der Waals surface area contributed by atoms with Crippen LogP contribution in [-0.4, -0.2) is 51.6 Å². The number of nitrogens with zero attached hydrogens (tertiary/aromatic N) is 2. The number of piperazine rings is 1. The Morgan fingerprint density at radius 3 is 2.26 bits per heavy atom. The van der Waals surface area contributed by atoms with Crippen LogP contribution >= 0.6 is 23.2 Å². The Kier molecular flexibility index (Phi) is 7.14. The van der Waals surface area contributed by atoms with Crippen LogP contribution in [0.25, 0.3) is 0 Å². The predicted octanol–water partition coefficient (Wildman–Crippen LogP) is 4.71. The largest absolute Gasteiger partial charge is 0.369 e. The number of benzene rings is 2. The molecule has 5 nitrogen and oxygen atoms in total. The SMILES string of the molecule is Cc1ccc(Cl)cc1N1CCN([C@@H]2CCCC[C@H]2NS(=O)(=O)c2ccc(Cl)cc2)CC1. The number of anilines is 1. The normalized spacial score (nSPS) is 23.1. The van der Waals surface area contributed by atoms with Gasteiger partial charge in [0.1, 0.15) is 0 Å². The van der Waals surface area contributed by atoms with Gasteiger partial charge in [0.05, 0.1) is 4.90 Å². The molecule has 1 heterocycles. The zero-order chi connectivity index (χ0) is 22.0. The van der Waals surface area contributed by atoms with Gasteiger partial charge in [0.15, 0.2) is 0 Å². The summed E-state index contributed by atoms with van der Waals surface area (Å²) in [7, 11) is -3.57. The molecule has 1 aliphatic heterocycles. The van der Waals surface area contributed by atoms with E-state index in [0.717, 1.165) is 56.9 Å². The van der Waals surface area contributed by atoms with Crippen LogP contribution in [0.1, 0.15) is 31.2 Å². The lowest BCUT2D eigenvalue weighted by atomic mass is 9.89. The first kappa shape index (κ1) is 22.9. The molecule has 0 spiro atoms. The molecule has 0 unspecified atom stereocenters. The van der Waals surface area contributed by atoms with Crippen LogP contribution in [0.2, 0.25) is 10.0 Å². The molecule has 1 N–H and O–H groups in total. The molecule has 1 saturated carbocycles. The van der Waals surface area contributed by atoms with Gasteiger partial charge in [-0.25, -0.2) is 13.1 Å². The Balaban J connectivity index is 1.43. The molecule has 2 fully saturated rings. The fourth-order valence-corrected chi connectivity index (χ4v) is 6.38. The number of hydrogen-bond donors (Lipinski definition) is 1. The first-order chi connectivity index (χ1) is 14.8. The molecule has 8 heteroatoms. The zero-order valence-corrected chi connectivity index (χ0v) is 20.1. The van der Waals surface area contributed by atoms with Crippen molar-refractivity contribution in [1.29, 1.82) is 0 Å². The van der Waals surface area contributed by atoms with Crippen LogP contribution in [0.3, 0.4) is 0 Å². The van der Waals surface area contributed by atoms with Crippen molar-refractivity contribution in [3.63, 3.8) is 0 Å². The summed E-state index contributed by atoms with van der Waals surface area (Å²) in [5, 5.41) is 1.29. The van der Waals surface area contributed by atoms with Gasteiger partial charge in [0.25, 0.3) is 0 Å². The number of hydrogen-bond acceptors (Lipinski definition) is 4. The van der Waals surface area contributed by atoms with Gasteiger partial charge in [-0.2, -0.15) is 0 Å². The van der Waals surface area contributed by atoms with Crippen LogP contribution in [0, 0.1) is 6.92 Å². The smallest absolute Gasteiger partial charge is 0.240 e. The lowest BCUT2D eigenvalue weighted by Gasteiger charge is -2.45. The Morgan fingerprint density at radius 2 is 1.55 bits per heavy atom. The fraction of sp³-hybridized carbons (Fsp3) is 0.478. The van der Waals surface area contributed by atoms with E-state index in [2.05, 4.69) is 27.5 Å². The minimum atomic E-state index is -3.57. The molecule has 1 aliphatic carbocycles. The maximum Gasteiger partial charge on any atom is 0.240 e. The van der Waals surface area contributed by atoms with E-state index in [-0.39, 0.29) is 17.0 Å². The predicted molar refractivity (Wildman–Crippen MR) is 128 cm³/mol. The summed E-state index contributed by atoms with van der Waals surface area (Å²) in [5.41, 5.74) is 2.42. The molecule has 168 valence electrons. The van der Waals surface area contributed by atoms with Crippen molar-refractivity contribution in [2.24, 2.45) is 0 Å². The summed E-state index contributed by atoms with van der Waals surface area (Å²) in [6.45, 7) is 5.76. The molecule has 31 heavy (non-hydrogen) atoms. The molecule has 2 aromatic carbocycles. The van der Waals surface area contributed by atoms with Crippen LogP contribution in [0.15, 0.2) is 47.4 Å². The minimum Gasteiger partial charge on any atom is -0.369 e. The number of rotatable bonds is 5. The van der Waals surface area contributed by atoms with Gasteiger partial charge >= 0.3 is 0 Å². The van der Waals surface area contributed by atoms with E-state index in [1.165, 1.54) is 11.3 Å². The quantitative estimate of drug-likeness (QED) is 0.671. The second kappa shape index (κ2) is 9.67. The van der Waals surface area contributed by atoms with Gasteiger partial charge in [0, 0.05) is 54.0 Å². The molecule has 2 aliphatic rings. The van der Waals surface area contributed by atoms with E-state index in [1.807, 2.05) is 12.1 Å². The van der Waals surface area contributed by atoms with Gasteiger partial charge in [-0.05, 0) is 61.7 Å². The standard InChI is InChI=1S/C23H29Cl2N3O2S/c1-17-6-7-19(25)16-23(17)28-14-12-27(13-15-28)22-5-3-2-4-21(22)26-31(29,30)20-10-8-18(24)9-11-20/h6-11,16,21-22,26H,2-5,12-15H2,1H3/t21-,22-/m1/s1. The van der Waals surface area contributed by atoms with Gasteiger partial charge < -0.3 is 4.90 Å². The number of sulfonamides is 1. The van der Waals surface area contributed by atoms with E-state index in [0.29, 0.717) is 5.02 Å². The molecule has 0 radical (unpaired) electrons. The second-order valence-electron chi connectivity index (χ2n) is 8.49. The molecular weight excluding hydrogens is 453 g/mol. The highest BCUT2D eigenvalue weighted by Crippen LogP contribution is 2.29. The molecule has 2 aromatic rings. The van der Waals surface area contributed by atoms with Crippen molar-refractivity contribution < 1.29 is 8.42 Å². The van der Waals surface area contributed by atoms with Crippen LogP contribution in [0.4, 0.5) is 5.69 Å². The summed E-state index contributed by atoms with van der Waals surface area (Å²) in [6, 6.07) is 12.5. The van der Waals surface area contributed by atoms with Gasteiger partial charge in [-0.15, -0.1) is 0 Å². The summed E-state index contributed by atoms with van der Waals surface area (Å²) < 4.78 is 28.9. The number of nitrogens with one attached hydrogen (secondary N) is 1. The average Bonchev–Trinajstić information content (AvgIpc) is 2.76. The zero-order valence-electron chi connectivity index (χ0n) is 17.7. The molecule has 0 bridgehead atoms. The summed E-state index contributed by atoms with van der Waals surface area (Å²) >= 11 is 12.1. The van der Waals surface area contributed by atoms with Crippen molar-refractivity contribution in [1.82, 2.24) is 9.62 Å². The molecule has 0 aromatic heterocycles. The highest BCUT2D eigenvalue weighted by Gasteiger charge is 2.35. The molecule has 2 atom stereocenters. The van der Waals surface area contributed by atoms with Crippen LogP contribution < -0.4 is 9.62 Å². The van der Waals surface area contributed by atoms with Gasteiger partial charge in [0.2, 0.25) is 10.0 Å². The minimum absolute atomic E-state index is 0.0751. The first-order valence-electron chi connectivity index (χ1n) is 10.9. The lowest BCUT2D eigenvalue weighted by molar-refractivity contribution is 0.124. The maximum atomic E-state index is 13.0. The van der Waals surface area contributed by atoms with E-state index >= 15 is 0 Å². The summed E-state index contributed by atoms with van der Waals surface area (Å²) in [4.78, 5) is 5.11. The van der Waals surface area contributed by atoms with E-state index in [1.54, 1.807) is 24.3 Å². The van der Waals surface area contributed by atoms with Crippen molar-refractivity contribution >= 4 is 38.9 Å². The summed E-state index contributed by atoms with van der Waals surface area (Å²) in [5.74, 6) is 0. The fourth-order valence-electron chi connectivity index (χ4n) is 4.78. The third-order valence-corrected chi connectivity index (χ3v) is 8.45. The number of aryl methyl sites for hydroxylation is 1. The highest BCUT2D eigenvalue weighted by molar-refractivity contribution is 7.89. The van der Waals surface area contributed by atoms with E-state index in [4.69, 9.17) is 23.2 Å². The van der Waals surface area contributed by atoms with Crippen LogP contribution in [-0.2, 0) is 10.0 Å². The average molecular weight is 482 g/mol. The third kappa shape index (κ3) is 5.37. The van der Waals surface area contributed by atoms with Crippen molar-refractivity contribution in [2.75, 3.05) is 31.1 Å². The molecular formula is C23H29Cl2N3O2S. The molecule has 4 rings (SSSR count). The lowest BCUT2D eigenvalue weighted by Crippen LogP contribution is -2.58. The van der Waals surface area contributed by atoms with Crippen LogP contribution in [0.5, 0.6) is 0 Å². The van der Waals surface area contributed by atoms with Gasteiger partial charge in [-0.3, -0.25) is 4.90 Å². The summed E-state index contributed by atoms with van der Waals surface area (Å²) in [6.07, 6.45) is 4.07. The van der Waals surface area contributed by atoms with E-state index in [9.17, 15) is 8.42 Å². The third-order valence-electron chi connectivity index (χ3n) is 6.46. The number of halogens is 2. The van der Waals surface area contributed by atoms with Crippen molar-refractivity contribution in [2.45, 2.75) is 49.6 Å². The second-order valence-corrected chi connectivity index (χ2v) is 11.1. The Hall–Kier alpha value is -1.31. The topological polar surface area (TPSA) is 52.6 Å². The molecule has 0 amide bonds. The maximum absolute atomic E-state index is 13.0. The highest BCUT2D eigenvalue weighted by atomic mass is 35.5.